The summed E-state index contributed by atoms with van der Waals surface area (Å²) in [6.45, 7) is 2.19. The molecule has 4 heteroatoms. The van der Waals surface area contributed by atoms with Crippen molar-refractivity contribution in [2.24, 2.45) is 0 Å². The van der Waals surface area contributed by atoms with Crippen molar-refractivity contribution in [3.63, 3.8) is 0 Å². The Morgan fingerprint density at radius 2 is 1.68 bits per heavy atom. The molecule has 0 rings (SSSR count). The van der Waals surface area contributed by atoms with Crippen LogP contribution in [0.5, 0.6) is 0 Å². The molecule has 0 radical (unpaired) electrons. The highest BCUT2D eigenvalue weighted by Gasteiger charge is 2.11. The standard InChI is InChI=1S/C18H32O4/c1-2-3-4-5-7-10-13-16(19)17(20)14-11-8-6-9-12-15-18(21)22/h6,8,11,14,16-17,19-20H,2-5,7,9-10,12-13,15H2,1H3,(H,21,22)/b8-6-,14-11+/t16-,17-/m1/s1. The van der Waals surface area contributed by atoms with Crippen LogP contribution in [0.25, 0.3) is 0 Å². The minimum Gasteiger partial charge on any atom is -0.481 e. The van der Waals surface area contributed by atoms with Crippen molar-refractivity contribution in [1.82, 2.24) is 0 Å². The monoisotopic (exact) mass is 312 g/mol. The van der Waals surface area contributed by atoms with Gasteiger partial charge in [0, 0.05) is 6.42 Å². The van der Waals surface area contributed by atoms with Crippen LogP contribution in [0, 0.1) is 0 Å². The van der Waals surface area contributed by atoms with Gasteiger partial charge in [-0.15, -0.1) is 0 Å². The lowest BCUT2D eigenvalue weighted by atomic mass is 10.0. The molecule has 0 aliphatic heterocycles. The van der Waals surface area contributed by atoms with E-state index in [1.54, 1.807) is 18.2 Å². The number of carbonyl (C=O) groups is 1. The van der Waals surface area contributed by atoms with Gasteiger partial charge in [0.2, 0.25) is 0 Å². The first-order valence-corrected chi connectivity index (χ1v) is 8.49. The fourth-order valence-electron chi connectivity index (χ4n) is 2.16. The summed E-state index contributed by atoms with van der Waals surface area (Å²) in [6.07, 6.45) is 14.5. The smallest absolute Gasteiger partial charge is 0.303 e. The number of hydrogen-bond donors (Lipinski definition) is 3. The van der Waals surface area contributed by atoms with Crippen molar-refractivity contribution in [3.8, 4) is 0 Å². The van der Waals surface area contributed by atoms with Gasteiger partial charge in [-0.25, -0.2) is 0 Å². The fraction of sp³-hybridized carbons (Fsp3) is 0.722. The molecule has 0 saturated heterocycles. The average molecular weight is 312 g/mol. The van der Waals surface area contributed by atoms with Crippen molar-refractivity contribution in [2.75, 3.05) is 0 Å². The van der Waals surface area contributed by atoms with E-state index in [9.17, 15) is 15.0 Å². The summed E-state index contributed by atoms with van der Waals surface area (Å²) >= 11 is 0. The van der Waals surface area contributed by atoms with Crippen LogP contribution in [0.4, 0.5) is 0 Å². The lowest BCUT2D eigenvalue weighted by molar-refractivity contribution is -0.137. The Hall–Kier alpha value is -1.13. The number of aliphatic hydroxyl groups is 2. The number of hydrogen-bond acceptors (Lipinski definition) is 3. The quantitative estimate of drug-likeness (QED) is 0.336. The van der Waals surface area contributed by atoms with E-state index in [1.165, 1.54) is 25.7 Å². The van der Waals surface area contributed by atoms with E-state index in [-0.39, 0.29) is 6.42 Å². The van der Waals surface area contributed by atoms with Gasteiger partial charge in [0.25, 0.3) is 0 Å². The van der Waals surface area contributed by atoms with Gasteiger partial charge >= 0.3 is 5.97 Å². The topological polar surface area (TPSA) is 77.8 Å². The van der Waals surface area contributed by atoms with Crippen LogP contribution in [-0.2, 0) is 4.79 Å². The molecular weight excluding hydrogens is 280 g/mol. The second-order valence-corrected chi connectivity index (χ2v) is 5.71. The Kier molecular flexibility index (Phi) is 14.0. The summed E-state index contributed by atoms with van der Waals surface area (Å²) in [5.74, 6) is -0.780. The van der Waals surface area contributed by atoms with Crippen molar-refractivity contribution < 1.29 is 20.1 Å². The summed E-state index contributed by atoms with van der Waals surface area (Å²) in [4.78, 5) is 10.3. The molecular formula is C18H32O4. The fourth-order valence-corrected chi connectivity index (χ4v) is 2.16. The second kappa shape index (κ2) is 14.8. The maximum atomic E-state index is 10.3. The zero-order chi connectivity index (χ0) is 16.6. The second-order valence-electron chi connectivity index (χ2n) is 5.71. The van der Waals surface area contributed by atoms with E-state index in [0.29, 0.717) is 19.3 Å². The number of aliphatic hydroxyl groups excluding tert-OH is 2. The number of rotatable bonds is 14. The molecule has 128 valence electrons. The highest BCUT2D eigenvalue weighted by Crippen LogP contribution is 2.11. The van der Waals surface area contributed by atoms with Crippen molar-refractivity contribution >= 4 is 5.97 Å². The van der Waals surface area contributed by atoms with Gasteiger partial charge in [-0.3, -0.25) is 4.79 Å². The van der Waals surface area contributed by atoms with Crippen LogP contribution in [0.3, 0.4) is 0 Å². The van der Waals surface area contributed by atoms with Gasteiger partial charge in [-0.05, 0) is 19.3 Å². The predicted molar refractivity (Wildman–Crippen MR) is 89.8 cm³/mol. The maximum Gasteiger partial charge on any atom is 0.303 e. The maximum absolute atomic E-state index is 10.3. The van der Waals surface area contributed by atoms with Crippen LogP contribution in [0.2, 0.25) is 0 Å². The minimum absolute atomic E-state index is 0.174. The summed E-state index contributed by atoms with van der Waals surface area (Å²) in [5, 5.41) is 28.1. The first-order valence-electron chi connectivity index (χ1n) is 8.49. The normalized spacial score (nSPS) is 14.7. The zero-order valence-electron chi connectivity index (χ0n) is 13.8. The molecule has 0 aliphatic rings. The van der Waals surface area contributed by atoms with Gasteiger partial charge in [0.1, 0.15) is 0 Å². The van der Waals surface area contributed by atoms with Crippen LogP contribution in [0.1, 0.15) is 71.1 Å². The molecule has 2 atom stereocenters. The van der Waals surface area contributed by atoms with E-state index in [0.717, 1.165) is 12.8 Å². The SMILES string of the molecule is CCCCCCCC[C@@H](O)[C@H](O)/C=C/C=C\CCCC(=O)O. The predicted octanol–water partition coefficient (Wildman–Crippen LogP) is 3.83. The lowest BCUT2D eigenvalue weighted by Crippen LogP contribution is -2.23. The van der Waals surface area contributed by atoms with Crippen LogP contribution in [-0.4, -0.2) is 33.5 Å². The van der Waals surface area contributed by atoms with Crippen LogP contribution >= 0.6 is 0 Å². The van der Waals surface area contributed by atoms with Gasteiger partial charge in [0.15, 0.2) is 0 Å². The molecule has 0 heterocycles. The third kappa shape index (κ3) is 13.8. The molecule has 0 amide bonds. The molecule has 0 fully saturated rings. The number of carboxylic acids is 1. The third-order valence-corrected chi connectivity index (χ3v) is 3.56. The number of allylic oxidation sites excluding steroid dienone is 3. The first kappa shape index (κ1) is 20.9. The Morgan fingerprint density at radius 1 is 1.00 bits per heavy atom. The van der Waals surface area contributed by atoms with E-state index in [2.05, 4.69) is 6.92 Å². The molecule has 4 nitrogen and oxygen atoms in total. The Bertz CT molecular complexity index is 323. The highest BCUT2D eigenvalue weighted by molar-refractivity contribution is 5.66. The molecule has 0 aromatic rings. The minimum atomic E-state index is -0.834. The van der Waals surface area contributed by atoms with E-state index in [1.807, 2.05) is 6.08 Å². The number of unbranched alkanes of at least 4 members (excludes halogenated alkanes) is 6. The summed E-state index contributed by atoms with van der Waals surface area (Å²) in [6, 6.07) is 0. The molecule has 0 bridgehead atoms. The van der Waals surface area contributed by atoms with Crippen molar-refractivity contribution in [1.29, 1.82) is 0 Å². The average Bonchev–Trinajstić information content (AvgIpc) is 2.49. The third-order valence-electron chi connectivity index (χ3n) is 3.56. The molecule has 0 unspecified atom stereocenters. The Morgan fingerprint density at radius 3 is 2.36 bits per heavy atom. The number of aliphatic carboxylic acids is 1. The summed E-state index contributed by atoms with van der Waals surface area (Å²) < 4.78 is 0. The largest absolute Gasteiger partial charge is 0.481 e. The first-order chi connectivity index (χ1) is 10.6. The van der Waals surface area contributed by atoms with E-state index < -0.39 is 18.2 Å². The van der Waals surface area contributed by atoms with Gasteiger partial charge in [-0.2, -0.15) is 0 Å². The highest BCUT2D eigenvalue weighted by atomic mass is 16.4. The van der Waals surface area contributed by atoms with E-state index in [4.69, 9.17) is 5.11 Å². The molecule has 0 saturated carbocycles. The van der Waals surface area contributed by atoms with Crippen molar-refractivity contribution in [2.45, 2.75) is 83.3 Å². The molecule has 0 aliphatic carbocycles. The van der Waals surface area contributed by atoms with E-state index >= 15 is 0 Å². The Labute approximate surface area is 134 Å². The molecule has 0 aromatic heterocycles. The summed E-state index contributed by atoms with van der Waals surface area (Å²) in [7, 11) is 0. The van der Waals surface area contributed by atoms with Gasteiger partial charge < -0.3 is 15.3 Å². The zero-order valence-corrected chi connectivity index (χ0v) is 13.8. The molecule has 0 aromatic carbocycles. The number of carboxylic acid groups (broad SMARTS) is 1. The molecule has 22 heavy (non-hydrogen) atoms. The lowest BCUT2D eigenvalue weighted by Gasteiger charge is -2.14. The Balaban J connectivity index is 3.66. The van der Waals surface area contributed by atoms with Gasteiger partial charge in [0.05, 0.1) is 12.2 Å². The van der Waals surface area contributed by atoms with Crippen LogP contribution < -0.4 is 0 Å². The summed E-state index contributed by atoms with van der Waals surface area (Å²) in [5.41, 5.74) is 0. The van der Waals surface area contributed by atoms with Crippen molar-refractivity contribution in [3.05, 3.63) is 24.3 Å². The molecule has 3 N–H and O–H groups in total. The van der Waals surface area contributed by atoms with Gasteiger partial charge in [-0.1, -0.05) is 69.8 Å². The molecule has 0 spiro atoms. The van der Waals surface area contributed by atoms with Crippen LogP contribution in [0.15, 0.2) is 24.3 Å².